The van der Waals surface area contributed by atoms with Gasteiger partial charge in [0.15, 0.2) is 0 Å². The van der Waals surface area contributed by atoms with Crippen molar-refractivity contribution in [1.82, 2.24) is 15.6 Å². The molecule has 1 fully saturated rings. The molecule has 2 N–H and O–H groups in total. The molecule has 0 radical (unpaired) electrons. The predicted octanol–water partition coefficient (Wildman–Crippen LogP) is 1.50. The normalized spacial score (nSPS) is 18.7. The minimum absolute atomic E-state index is 0.0525. The summed E-state index contributed by atoms with van der Waals surface area (Å²) in [4.78, 5) is 31.7. The van der Waals surface area contributed by atoms with Crippen LogP contribution < -0.4 is 15.8 Å². The first-order valence-electron chi connectivity index (χ1n) is 10.8. The van der Waals surface area contributed by atoms with E-state index in [-0.39, 0.29) is 30.2 Å². The number of morpholine rings is 1. The molecule has 0 spiro atoms. The van der Waals surface area contributed by atoms with Crippen molar-refractivity contribution < 1.29 is 14.3 Å². The fraction of sp³-hybridized carbons (Fsp3) is 0.591. The number of amidine groups is 1. The van der Waals surface area contributed by atoms with Gasteiger partial charge >= 0.3 is 0 Å². The zero-order valence-electron chi connectivity index (χ0n) is 18.2. The van der Waals surface area contributed by atoms with Crippen molar-refractivity contribution in [3.05, 3.63) is 29.8 Å². The molecule has 1 aromatic carbocycles. The average molecular weight is 416 g/mol. The van der Waals surface area contributed by atoms with Crippen molar-refractivity contribution in [2.45, 2.75) is 39.7 Å². The summed E-state index contributed by atoms with van der Waals surface area (Å²) in [6.45, 7) is 10.1. The van der Waals surface area contributed by atoms with Gasteiger partial charge in [-0.2, -0.15) is 0 Å². The number of aliphatic imine (C=N–C) groups is 1. The van der Waals surface area contributed by atoms with E-state index in [4.69, 9.17) is 4.74 Å². The third-order valence-electron chi connectivity index (χ3n) is 5.93. The summed E-state index contributed by atoms with van der Waals surface area (Å²) in [5, 5.41) is 4.43. The molecule has 1 saturated heterocycles. The van der Waals surface area contributed by atoms with E-state index in [1.54, 1.807) is 0 Å². The lowest BCUT2D eigenvalue weighted by Crippen LogP contribution is -2.57. The van der Waals surface area contributed by atoms with Crippen LogP contribution in [-0.4, -0.2) is 68.0 Å². The molecule has 0 aliphatic carbocycles. The second kappa shape index (κ2) is 10.5. The number of nitrogens with one attached hydrogen (secondary N) is 2. The SMILES string of the molecule is CCC(CC)[C@@H](CNC(=O)C1=NCC(=O)N(c2ccc(C)cc2)N1)N1CCOCC1. The molecule has 8 nitrogen and oxygen atoms in total. The number of nitrogens with zero attached hydrogens (tertiary/aromatic N) is 3. The molecule has 164 valence electrons. The molecule has 0 aromatic heterocycles. The maximum absolute atomic E-state index is 12.8. The van der Waals surface area contributed by atoms with Crippen molar-refractivity contribution in [2.24, 2.45) is 10.9 Å². The van der Waals surface area contributed by atoms with Crippen LogP contribution in [-0.2, 0) is 14.3 Å². The van der Waals surface area contributed by atoms with E-state index in [9.17, 15) is 9.59 Å². The number of ether oxygens (including phenoxy) is 1. The van der Waals surface area contributed by atoms with E-state index in [1.807, 2.05) is 31.2 Å². The number of hydrogen-bond donors (Lipinski definition) is 2. The molecule has 2 heterocycles. The fourth-order valence-corrected chi connectivity index (χ4v) is 4.06. The first-order valence-corrected chi connectivity index (χ1v) is 10.8. The van der Waals surface area contributed by atoms with Crippen molar-refractivity contribution in [2.75, 3.05) is 44.4 Å². The average Bonchev–Trinajstić information content (AvgIpc) is 2.78. The highest BCUT2D eigenvalue weighted by molar-refractivity contribution is 6.39. The van der Waals surface area contributed by atoms with Gasteiger partial charge in [0, 0.05) is 25.7 Å². The molecule has 0 bridgehead atoms. The van der Waals surface area contributed by atoms with E-state index in [1.165, 1.54) is 5.01 Å². The van der Waals surface area contributed by atoms with Gasteiger partial charge in [0.1, 0.15) is 6.54 Å². The number of hydrazine groups is 1. The largest absolute Gasteiger partial charge is 0.379 e. The molecule has 8 heteroatoms. The Balaban J connectivity index is 1.64. The van der Waals surface area contributed by atoms with Gasteiger partial charge < -0.3 is 10.1 Å². The molecule has 2 amide bonds. The molecular formula is C22H33N5O3. The number of anilines is 1. The van der Waals surface area contributed by atoms with Crippen LogP contribution in [0.3, 0.4) is 0 Å². The monoisotopic (exact) mass is 415 g/mol. The Labute approximate surface area is 178 Å². The topological polar surface area (TPSA) is 86.3 Å². The maximum Gasteiger partial charge on any atom is 0.288 e. The lowest BCUT2D eigenvalue weighted by Gasteiger charge is -2.39. The first kappa shape index (κ1) is 22.2. The van der Waals surface area contributed by atoms with E-state index >= 15 is 0 Å². The summed E-state index contributed by atoms with van der Waals surface area (Å²) in [6, 6.07) is 7.81. The standard InChI is InChI=1S/C22H33N5O3/c1-4-17(5-2)19(26-10-12-30-13-11-26)14-24-22(29)21-23-15-20(28)27(25-21)18-8-6-16(3)7-9-18/h6-9,17,19H,4-5,10-15H2,1-3H3,(H,23,25)(H,24,29)/t19-/m1/s1. The van der Waals surface area contributed by atoms with Crippen LogP contribution in [0.2, 0.25) is 0 Å². The summed E-state index contributed by atoms with van der Waals surface area (Å²) >= 11 is 0. The fourth-order valence-electron chi connectivity index (χ4n) is 4.06. The zero-order valence-corrected chi connectivity index (χ0v) is 18.2. The van der Waals surface area contributed by atoms with E-state index in [0.29, 0.717) is 18.2 Å². The van der Waals surface area contributed by atoms with Crippen LogP contribution in [0.5, 0.6) is 0 Å². The lowest BCUT2D eigenvalue weighted by atomic mass is 9.92. The number of carbonyl (C=O) groups excluding carboxylic acids is 2. The quantitative estimate of drug-likeness (QED) is 0.672. The van der Waals surface area contributed by atoms with Gasteiger partial charge in [0.2, 0.25) is 5.84 Å². The van der Waals surface area contributed by atoms with Crippen LogP contribution in [0.4, 0.5) is 5.69 Å². The van der Waals surface area contributed by atoms with Crippen molar-refractivity contribution >= 4 is 23.3 Å². The van der Waals surface area contributed by atoms with Gasteiger partial charge in [-0.3, -0.25) is 24.9 Å². The first-order chi connectivity index (χ1) is 14.5. The number of benzene rings is 1. The molecule has 0 saturated carbocycles. The van der Waals surface area contributed by atoms with Gasteiger partial charge in [0.05, 0.1) is 18.9 Å². The highest BCUT2D eigenvalue weighted by atomic mass is 16.5. The van der Waals surface area contributed by atoms with Crippen molar-refractivity contribution in [1.29, 1.82) is 0 Å². The van der Waals surface area contributed by atoms with E-state index < -0.39 is 0 Å². The molecule has 1 atom stereocenters. The molecule has 2 aliphatic heterocycles. The number of hydrogen-bond acceptors (Lipinski definition) is 6. The van der Waals surface area contributed by atoms with Gasteiger partial charge in [0.25, 0.3) is 11.8 Å². The highest BCUT2D eigenvalue weighted by Gasteiger charge is 2.29. The van der Waals surface area contributed by atoms with E-state index in [0.717, 1.165) is 44.7 Å². The van der Waals surface area contributed by atoms with Crippen LogP contribution in [0.1, 0.15) is 32.3 Å². The molecule has 1 aromatic rings. The molecular weight excluding hydrogens is 382 g/mol. The van der Waals surface area contributed by atoms with E-state index in [2.05, 4.69) is 34.5 Å². The molecule has 0 unspecified atom stereocenters. The Kier molecular flexibility index (Phi) is 7.81. The summed E-state index contributed by atoms with van der Waals surface area (Å²) in [6.07, 6.45) is 2.12. The number of rotatable bonds is 8. The van der Waals surface area contributed by atoms with Gasteiger partial charge in [-0.1, -0.05) is 44.4 Å². The number of carbonyl (C=O) groups is 2. The van der Waals surface area contributed by atoms with Gasteiger partial charge in [-0.25, -0.2) is 5.01 Å². The van der Waals surface area contributed by atoms with Crippen LogP contribution >= 0.6 is 0 Å². The Morgan fingerprint density at radius 2 is 1.87 bits per heavy atom. The van der Waals surface area contributed by atoms with Crippen LogP contribution in [0, 0.1) is 12.8 Å². The van der Waals surface area contributed by atoms with Gasteiger partial charge in [-0.05, 0) is 25.0 Å². The minimum atomic E-state index is -0.288. The predicted molar refractivity (Wildman–Crippen MR) is 117 cm³/mol. The summed E-state index contributed by atoms with van der Waals surface area (Å²) in [5.74, 6) is 0.179. The second-order valence-corrected chi connectivity index (χ2v) is 7.84. The van der Waals surface area contributed by atoms with Crippen molar-refractivity contribution in [3.63, 3.8) is 0 Å². The Bertz CT molecular complexity index is 755. The summed E-state index contributed by atoms with van der Waals surface area (Å²) in [5.41, 5.74) is 4.68. The number of amides is 2. The Morgan fingerprint density at radius 3 is 2.50 bits per heavy atom. The summed E-state index contributed by atoms with van der Waals surface area (Å²) < 4.78 is 5.49. The molecule has 30 heavy (non-hydrogen) atoms. The van der Waals surface area contributed by atoms with Crippen LogP contribution in [0.25, 0.3) is 0 Å². The second-order valence-electron chi connectivity index (χ2n) is 7.84. The Morgan fingerprint density at radius 1 is 1.20 bits per heavy atom. The minimum Gasteiger partial charge on any atom is -0.379 e. The third-order valence-corrected chi connectivity index (χ3v) is 5.93. The van der Waals surface area contributed by atoms with Gasteiger partial charge in [-0.15, -0.1) is 0 Å². The zero-order chi connectivity index (χ0) is 21.5. The third kappa shape index (κ3) is 5.37. The summed E-state index contributed by atoms with van der Waals surface area (Å²) in [7, 11) is 0. The van der Waals surface area contributed by atoms with Crippen molar-refractivity contribution in [3.8, 4) is 0 Å². The highest BCUT2D eigenvalue weighted by Crippen LogP contribution is 2.20. The molecule has 2 aliphatic rings. The lowest BCUT2D eigenvalue weighted by molar-refractivity contribution is -0.118. The number of aryl methyl sites for hydroxylation is 1. The van der Waals surface area contributed by atoms with Crippen LogP contribution in [0.15, 0.2) is 29.3 Å². The maximum atomic E-state index is 12.8. The molecule has 3 rings (SSSR count). The smallest absolute Gasteiger partial charge is 0.288 e. The Hall–Kier alpha value is -2.45.